The molecule has 10 heteroatoms. The first-order valence-electron chi connectivity index (χ1n) is 7.56. The summed E-state index contributed by atoms with van der Waals surface area (Å²) in [6.07, 6.45) is -0.716. The van der Waals surface area contributed by atoms with Crippen molar-refractivity contribution < 1.29 is 32.6 Å². The molecular formula is C15H20N2O7S. The first-order chi connectivity index (χ1) is 11.8. The number of carbonyl (C=O) groups excluding carboxylic acids is 1. The van der Waals surface area contributed by atoms with Gasteiger partial charge in [0.15, 0.2) is 0 Å². The zero-order valence-corrected chi connectivity index (χ0v) is 14.7. The Labute approximate surface area is 145 Å². The molecule has 138 valence electrons. The van der Waals surface area contributed by atoms with E-state index in [0.717, 1.165) is 9.87 Å². The van der Waals surface area contributed by atoms with Gasteiger partial charge in [-0.05, 0) is 31.0 Å². The highest BCUT2D eigenvalue weighted by atomic mass is 32.2. The van der Waals surface area contributed by atoms with Crippen LogP contribution in [0.15, 0.2) is 24.3 Å². The topological polar surface area (TPSA) is 113 Å². The fraction of sp³-hybridized carbons (Fsp3) is 0.467. The zero-order valence-electron chi connectivity index (χ0n) is 13.9. The number of methoxy groups -OCH3 is 1. The Morgan fingerprint density at radius 1 is 1.40 bits per heavy atom. The summed E-state index contributed by atoms with van der Waals surface area (Å²) < 4.78 is 36.4. The van der Waals surface area contributed by atoms with E-state index < -0.39 is 34.9 Å². The quantitative estimate of drug-likeness (QED) is 0.715. The number of hydrogen-bond donors (Lipinski definition) is 1. The first-order valence-corrected chi connectivity index (χ1v) is 8.96. The van der Waals surface area contributed by atoms with Crippen molar-refractivity contribution in [3.8, 4) is 5.75 Å². The Hall–Kier alpha value is -2.33. The number of hydrogen-bond acceptors (Lipinski definition) is 6. The van der Waals surface area contributed by atoms with Crippen molar-refractivity contribution in [2.75, 3.05) is 26.8 Å². The van der Waals surface area contributed by atoms with Crippen molar-refractivity contribution in [1.29, 1.82) is 0 Å². The van der Waals surface area contributed by atoms with E-state index >= 15 is 0 Å². The largest absolute Gasteiger partial charge is 0.497 e. The second-order valence-electron chi connectivity index (χ2n) is 5.53. The molecule has 1 aliphatic rings. The zero-order chi connectivity index (χ0) is 18.6. The fourth-order valence-electron chi connectivity index (χ4n) is 2.52. The minimum Gasteiger partial charge on any atom is -0.497 e. The standard InChI is InChI=1S/C15H20N2O7S/c1-11(9-12-3-5-13(23-2)6-4-12)17(10-14(18)19)25(21,22)16-7-8-24-15(16)20/h3-6,11H,7-10H2,1-2H3,(H,18,19). The average Bonchev–Trinajstić information content (AvgIpc) is 3.00. The van der Waals surface area contributed by atoms with Gasteiger partial charge in [0, 0.05) is 6.04 Å². The van der Waals surface area contributed by atoms with Gasteiger partial charge in [-0.2, -0.15) is 17.0 Å². The van der Waals surface area contributed by atoms with E-state index in [9.17, 15) is 18.0 Å². The van der Waals surface area contributed by atoms with Crippen molar-refractivity contribution in [2.45, 2.75) is 19.4 Å². The van der Waals surface area contributed by atoms with Gasteiger partial charge in [0.2, 0.25) is 0 Å². The minimum atomic E-state index is -4.29. The van der Waals surface area contributed by atoms with Crippen LogP contribution in [0.3, 0.4) is 0 Å². The van der Waals surface area contributed by atoms with Crippen LogP contribution in [0.5, 0.6) is 5.75 Å². The molecule has 1 fully saturated rings. The second-order valence-corrected chi connectivity index (χ2v) is 7.34. The van der Waals surface area contributed by atoms with Gasteiger partial charge < -0.3 is 14.6 Å². The molecule has 1 N–H and O–H groups in total. The van der Waals surface area contributed by atoms with E-state index in [-0.39, 0.29) is 19.6 Å². The molecule has 0 aromatic heterocycles. The Balaban J connectivity index is 2.22. The Morgan fingerprint density at radius 3 is 2.52 bits per heavy atom. The number of cyclic esters (lactones) is 1. The summed E-state index contributed by atoms with van der Waals surface area (Å²) in [7, 11) is -2.75. The molecule has 1 heterocycles. The van der Waals surface area contributed by atoms with Gasteiger partial charge in [-0.15, -0.1) is 0 Å². The molecule has 2 rings (SSSR count). The van der Waals surface area contributed by atoms with E-state index in [1.165, 1.54) is 7.11 Å². The summed E-state index contributed by atoms with van der Waals surface area (Å²) in [5.74, 6) is -0.649. The van der Waals surface area contributed by atoms with Crippen LogP contribution in [0.25, 0.3) is 0 Å². The van der Waals surface area contributed by atoms with Gasteiger partial charge in [0.1, 0.15) is 18.9 Å². The lowest BCUT2D eigenvalue weighted by molar-refractivity contribution is -0.137. The lowest BCUT2D eigenvalue weighted by atomic mass is 10.1. The molecule has 1 aromatic carbocycles. The predicted octanol–water partition coefficient (Wildman–Crippen LogP) is 0.710. The Bertz CT molecular complexity index is 733. The molecule has 0 bridgehead atoms. The van der Waals surface area contributed by atoms with Gasteiger partial charge >= 0.3 is 22.3 Å². The smallest absolute Gasteiger partial charge is 0.424 e. The normalized spacial score (nSPS) is 16.0. The van der Waals surface area contributed by atoms with Gasteiger partial charge in [-0.3, -0.25) is 4.79 Å². The number of benzene rings is 1. The third-order valence-electron chi connectivity index (χ3n) is 3.77. The molecule has 1 saturated heterocycles. The number of carbonyl (C=O) groups is 2. The number of carboxylic acid groups (broad SMARTS) is 1. The number of ether oxygens (including phenoxy) is 2. The van der Waals surface area contributed by atoms with Crippen molar-refractivity contribution in [2.24, 2.45) is 0 Å². The Morgan fingerprint density at radius 2 is 2.04 bits per heavy atom. The number of aliphatic carboxylic acids is 1. The summed E-state index contributed by atoms with van der Waals surface area (Å²) in [6.45, 7) is 0.661. The number of rotatable bonds is 8. The highest BCUT2D eigenvalue weighted by Crippen LogP contribution is 2.20. The number of amides is 1. The fourth-order valence-corrected chi connectivity index (χ4v) is 4.12. The first kappa shape index (κ1) is 19.0. The van der Waals surface area contributed by atoms with Crippen LogP contribution in [0.1, 0.15) is 12.5 Å². The molecule has 25 heavy (non-hydrogen) atoms. The molecule has 0 spiro atoms. The van der Waals surface area contributed by atoms with Crippen molar-refractivity contribution in [1.82, 2.24) is 8.61 Å². The molecule has 0 radical (unpaired) electrons. The monoisotopic (exact) mass is 372 g/mol. The lowest BCUT2D eigenvalue weighted by Crippen LogP contribution is -2.50. The maximum atomic E-state index is 12.7. The SMILES string of the molecule is COc1ccc(CC(C)N(CC(=O)O)S(=O)(=O)N2CCOC2=O)cc1. The summed E-state index contributed by atoms with van der Waals surface area (Å²) in [6, 6.07) is 6.32. The lowest BCUT2D eigenvalue weighted by Gasteiger charge is -2.29. The average molecular weight is 372 g/mol. The van der Waals surface area contributed by atoms with Gasteiger partial charge in [0.25, 0.3) is 0 Å². The molecule has 1 atom stereocenters. The van der Waals surface area contributed by atoms with E-state index in [1.807, 2.05) is 0 Å². The molecule has 1 aliphatic heterocycles. The van der Waals surface area contributed by atoms with Crippen LogP contribution in [0.4, 0.5) is 4.79 Å². The maximum Gasteiger partial charge on any atom is 0.424 e. The van der Waals surface area contributed by atoms with Gasteiger partial charge in [-0.1, -0.05) is 12.1 Å². The second kappa shape index (κ2) is 7.70. The summed E-state index contributed by atoms with van der Waals surface area (Å²) in [4.78, 5) is 22.7. The van der Waals surface area contributed by atoms with Crippen LogP contribution >= 0.6 is 0 Å². The molecule has 1 amide bonds. The van der Waals surface area contributed by atoms with E-state index in [2.05, 4.69) is 4.74 Å². The highest BCUT2D eigenvalue weighted by Gasteiger charge is 2.40. The van der Waals surface area contributed by atoms with E-state index in [1.54, 1.807) is 31.2 Å². The van der Waals surface area contributed by atoms with E-state index in [4.69, 9.17) is 9.84 Å². The molecular weight excluding hydrogens is 352 g/mol. The third kappa shape index (κ3) is 4.40. The number of nitrogens with zero attached hydrogens (tertiary/aromatic N) is 2. The van der Waals surface area contributed by atoms with Gasteiger partial charge in [0.05, 0.1) is 13.7 Å². The maximum absolute atomic E-state index is 12.7. The molecule has 1 aromatic rings. The molecule has 0 saturated carbocycles. The minimum absolute atomic E-state index is 0.0498. The third-order valence-corrected chi connectivity index (χ3v) is 5.74. The highest BCUT2D eigenvalue weighted by molar-refractivity contribution is 7.87. The molecule has 0 aliphatic carbocycles. The van der Waals surface area contributed by atoms with Crippen LogP contribution in [0.2, 0.25) is 0 Å². The van der Waals surface area contributed by atoms with Crippen LogP contribution < -0.4 is 4.74 Å². The molecule has 9 nitrogen and oxygen atoms in total. The summed E-state index contributed by atoms with van der Waals surface area (Å²) >= 11 is 0. The van der Waals surface area contributed by atoms with E-state index in [0.29, 0.717) is 10.1 Å². The van der Waals surface area contributed by atoms with Crippen molar-refractivity contribution >= 4 is 22.3 Å². The Kier molecular flexibility index (Phi) is 5.85. The van der Waals surface area contributed by atoms with Crippen molar-refractivity contribution in [3.63, 3.8) is 0 Å². The van der Waals surface area contributed by atoms with Gasteiger partial charge in [-0.25, -0.2) is 4.79 Å². The van der Waals surface area contributed by atoms with Crippen LogP contribution in [0, 0.1) is 0 Å². The van der Waals surface area contributed by atoms with Crippen LogP contribution in [-0.4, -0.2) is 67.0 Å². The molecule has 1 unspecified atom stereocenters. The predicted molar refractivity (Wildman–Crippen MR) is 87.5 cm³/mol. The number of carboxylic acids is 1. The summed E-state index contributed by atoms with van der Waals surface area (Å²) in [5, 5.41) is 9.08. The van der Waals surface area contributed by atoms with Crippen LogP contribution in [-0.2, 0) is 26.2 Å². The van der Waals surface area contributed by atoms with Crippen molar-refractivity contribution in [3.05, 3.63) is 29.8 Å². The summed E-state index contributed by atoms with van der Waals surface area (Å²) in [5.41, 5.74) is 0.808.